The zero-order valence-electron chi connectivity index (χ0n) is 19.9. The van der Waals surface area contributed by atoms with E-state index in [1.54, 1.807) is 55.5 Å². The summed E-state index contributed by atoms with van der Waals surface area (Å²) in [7, 11) is 0. The lowest BCUT2D eigenvalue weighted by Gasteiger charge is -2.14. The number of ether oxygens (including phenoxy) is 3. The molecule has 1 fully saturated rings. The highest BCUT2D eigenvalue weighted by Gasteiger charge is 2.35. The summed E-state index contributed by atoms with van der Waals surface area (Å²) in [6, 6.07) is 16.5. The Kier molecular flexibility index (Phi) is 9.22. The second-order valence-corrected chi connectivity index (χ2v) is 9.96. The van der Waals surface area contributed by atoms with E-state index in [9.17, 15) is 14.4 Å². The van der Waals surface area contributed by atoms with Gasteiger partial charge in [0.25, 0.3) is 11.1 Å². The number of imide groups is 1. The molecule has 0 saturated carbocycles. The van der Waals surface area contributed by atoms with Gasteiger partial charge in [-0.3, -0.25) is 14.5 Å². The standard InChI is InChI=1S/C27H20Cl3NO6S/c1-2-35-22-14-16(13-20(30)24(22)37-26(33)17-7-3-4-8-18(17)28)15-23-25(32)31(27(34)38-23)11-12-36-21-10-6-5-9-19(21)29/h3-10,13-15H,2,11-12H2,1H3/b23-15-. The molecule has 0 aliphatic carbocycles. The number of hydrogen-bond acceptors (Lipinski definition) is 7. The normalized spacial score (nSPS) is 14.2. The molecule has 0 N–H and O–H groups in total. The number of carbonyl (C=O) groups excluding carboxylic acids is 3. The van der Waals surface area contributed by atoms with Crippen LogP contribution in [0.2, 0.25) is 15.1 Å². The number of carbonyl (C=O) groups is 3. The molecule has 0 atom stereocenters. The first-order chi connectivity index (χ1) is 18.3. The second kappa shape index (κ2) is 12.6. The molecule has 11 heteroatoms. The van der Waals surface area contributed by atoms with E-state index < -0.39 is 17.1 Å². The van der Waals surface area contributed by atoms with Crippen LogP contribution in [0.15, 0.2) is 65.6 Å². The molecular weight excluding hydrogens is 573 g/mol. The van der Waals surface area contributed by atoms with Crippen LogP contribution in [0.4, 0.5) is 4.79 Å². The lowest BCUT2D eigenvalue weighted by atomic mass is 10.1. The fourth-order valence-corrected chi connectivity index (χ4v) is 4.99. The van der Waals surface area contributed by atoms with Gasteiger partial charge in [0.2, 0.25) is 0 Å². The minimum absolute atomic E-state index is 0.0143. The van der Waals surface area contributed by atoms with Crippen molar-refractivity contribution in [1.82, 2.24) is 4.90 Å². The lowest BCUT2D eigenvalue weighted by Crippen LogP contribution is -2.32. The number of amides is 2. The number of halogens is 3. The van der Waals surface area contributed by atoms with E-state index in [1.807, 2.05) is 0 Å². The molecule has 7 nitrogen and oxygen atoms in total. The van der Waals surface area contributed by atoms with Crippen LogP contribution in [0, 0.1) is 0 Å². The van der Waals surface area contributed by atoms with Gasteiger partial charge in [-0.2, -0.15) is 0 Å². The Bertz CT molecular complexity index is 1430. The average molecular weight is 593 g/mol. The molecule has 0 aromatic heterocycles. The zero-order chi connectivity index (χ0) is 27.2. The largest absolute Gasteiger partial charge is 0.490 e. The van der Waals surface area contributed by atoms with Gasteiger partial charge in [0, 0.05) is 0 Å². The first kappa shape index (κ1) is 27.9. The molecule has 1 aliphatic rings. The van der Waals surface area contributed by atoms with Gasteiger partial charge in [-0.25, -0.2) is 4.79 Å². The molecular formula is C27H20Cl3NO6S. The van der Waals surface area contributed by atoms with Gasteiger partial charge >= 0.3 is 5.97 Å². The summed E-state index contributed by atoms with van der Waals surface area (Å²) < 4.78 is 16.8. The SMILES string of the molecule is CCOc1cc(/C=C2\SC(=O)N(CCOc3ccccc3Cl)C2=O)cc(Cl)c1OC(=O)c1ccccc1Cl. The Morgan fingerprint density at radius 2 is 1.63 bits per heavy atom. The summed E-state index contributed by atoms with van der Waals surface area (Å²) >= 11 is 19.4. The summed E-state index contributed by atoms with van der Waals surface area (Å²) in [5, 5.41) is 0.320. The fourth-order valence-electron chi connectivity index (χ4n) is 3.46. The summed E-state index contributed by atoms with van der Waals surface area (Å²) in [5.41, 5.74) is 0.651. The topological polar surface area (TPSA) is 82.1 Å². The van der Waals surface area contributed by atoms with Gasteiger partial charge in [-0.15, -0.1) is 0 Å². The van der Waals surface area contributed by atoms with Crippen molar-refractivity contribution in [3.63, 3.8) is 0 Å². The Morgan fingerprint density at radius 3 is 2.34 bits per heavy atom. The predicted molar refractivity (Wildman–Crippen MR) is 149 cm³/mol. The van der Waals surface area contributed by atoms with Crippen LogP contribution in [-0.4, -0.2) is 41.8 Å². The Balaban J connectivity index is 1.50. The molecule has 0 radical (unpaired) electrons. The van der Waals surface area contributed by atoms with Crippen molar-refractivity contribution in [3.8, 4) is 17.2 Å². The van der Waals surface area contributed by atoms with E-state index in [1.165, 1.54) is 18.2 Å². The van der Waals surface area contributed by atoms with E-state index in [0.717, 1.165) is 16.7 Å². The molecule has 38 heavy (non-hydrogen) atoms. The smallest absolute Gasteiger partial charge is 0.345 e. The van der Waals surface area contributed by atoms with Crippen molar-refractivity contribution in [2.45, 2.75) is 6.92 Å². The van der Waals surface area contributed by atoms with Gasteiger partial charge in [0.1, 0.15) is 12.4 Å². The van der Waals surface area contributed by atoms with Crippen molar-refractivity contribution < 1.29 is 28.6 Å². The van der Waals surface area contributed by atoms with Crippen molar-refractivity contribution in [3.05, 3.63) is 91.8 Å². The molecule has 0 bridgehead atoms. The maximum atomic E-state index is 12.9. The molecule has 1 heterocycles. The second-order valence-electron chi connectivity index (χ2n) is 7.74. The highest BCUT2D eigenvalue weighted by molar-refractivity contribution is 8.18. The third kappa shape index (κ3) is 6.45. The highest BCUT2D eigenvalue weighted by atomic mass is 35.5. The van der Waals surface area contributed by atoms with Crippen LogP contribution in [0.3, 0.4) is 0 Å². The summed E-state index contributed by atoms with van der Waals surface area (Å²) in [6.07, 6.45) is 1.52. The van der Waals surface area contributed by atoms with Crippen molar-refractivity contribution in [1.29, 1.82) is 0 Å². The third-order valence-corrected chi connectivity index (χ3v) is 7.03. The Labute approximate surface area is 238 Å². The number of para-hydroxylation sites is 1. The predicted octanol–water partition coefficient (Wildman–Crippen LogP) is 7.38. The quantitative estimate of drug-likeness (QED) is 0.146. The van der Waals surface area contributed by atoms with Crippen LogP contribution in [0.25, 0.3) is 6.08 Å². The fraction of sp³-hybridized carbons (Fsp3) is 0.148. The first-order valence-corrected chi connectivity index (χ1v) is 13.3. The maximum Gasteiger partial charge on any atom is 0.345 e. The molecule has 1 aliphatic heterocycles. The molecule has 0 spiro atoms. The van der Waals surface area contributed by atoms with E-state index in [4.69, 9.17) is 49.0 Å². The summed E-state index contributed by atoms with van der Waals surface area (Å²) in [6.45, 7) is 2.16. The van der Waals surface area contributed by atoms with Crippen LogP contribution in [0.5, 0.6) is 17.2 Å². The molecule has 2 amide bonds. The molecule has 3 aromatic rings. The number of rotatable bonds is 9. The van der Waals surface area contributed by atoms with Gasteiger partial charge in [-0.05, 0) is 66.7 Å². The zero-order valence-corrected chi connectivity index (χ0v) is 23.0. The van der Waals surface area contributed by atoms with Gasteiger partial charge in [-0.1, -0.05) is 59.1 Å². The lowest BCUT2D eigenvalue weighted by molar-refractivity contribution is -0.123. The van der Waals surface area contributed by atoms with Gasteiger partial charge in [0.15, 0.2) is 11.5 Å². The average Bonchev–Trinajstić information content (AvgIpc) is 3.14. The highest BCUT2D eigenvalue weighted by Crippen LogP contribution is 2.40. The number of hydrogen-bond donors (Lipinski definition) is 0. The van der Waals surface area contributed by atoms with Crippen LogP contribution in [-0.2, 0) is 4.79 Å². The van der Waals surface area contributed by atoms with Crippen LogP contribution >= 0.6 is 46.6 Å². The molecule has 3 aromatic carbocycles. The van der Waals surface area contributed by atoms with Crippen LogP contribution in [0.1, 0.15) is 22.8 Å². The van der Waals surface area contributed by atoms with E-state index >= 15 is 0 Å². The van der Waals surface area contributed by atoms with Gasteiger partial charge in [0.05, 0.1) is 38.7 Å². The van der Waals surface area contributed by atoms with E-state index in [0.29, 0.717) is 16.3 Å². The van der Waals surface area contributed by atoms with Crippen molar-refractivity contribution in [2.24, 2.45) is 0 Å². The maximum absolute atomic E-state index is 12.9. The number of benzene rings is 3. The minimum Gasteiger partial charge on any atom is -0.490 e. The number of esters is 1. The van der Waals surface area contributed by atoms with E-state index in [2.05, 4.69) is 0 Å². The third-order valence-electron chi connectivity index (χ3n) is 5.20. The minimum atomic E-state index is -0.702. The molecule has 196 valence electrons. The molecule has 4 rings (SSSR count). The summed E-state index contributed by atoms with van der Waals surface area (Å²) in [4.78, 5) is 39.4. The van der Waals surface area contributed by atoms with Crippen molar-refractivity contribution >= 4 is 69.8 Å². The van der Waals surface area contributed by atoms with E-state index in [-0.39, 0.29) is 51.8 Å². The van der Waals surface area contributed by atoms with Crippen LogP contribution < -0.4 is 14.2 Å². The van der Waals surface area contributed by atoms with Gasteiger partial charge < -0.3 is 14.2 Å². The van der Waals surface area contributed by atoms with Crippen molar-refractivity contribution in [2.75, 3.05) is 19.8 Å². The first-order valence-electron chi connectivity index (χ1n) is 11.3. The Morgan fingerprint density at radius 1 is 0.921 bits per heavy atom. The monoisotopic (exact) mass is 591 g/mol. The summed E-state index contributed by atoms with van der Waals surface area (Å²) in [5.74, 6) is -0.498. The Hall–Kier alpha value is -3.17. The number of thioether (sulfide) groups is 1. The molecule has 1 saturated heterocycles. The molecule has 0 unspecified atom stereocenters. The number of nitrogens with zero attached hydrogens (tertiary/aromatic N) is 1.